The Hall–Kier alpha value is -1.56. The monoisotopic (exact) mass is 364 g/mol. The molecule has 2 amide bonds. The van der Waals surface area contributed by atoms with Gasteiger partial charge >= 0.3 is 6.03 Å². The van der Waals surface area contributed by atoms with E-state index in [1.54, 1.807) is 24.3 Å². The maximum atomic E-state index is 12.5. The third kappa shape index (κ3) is 4.97. The van der Waals surface area contributed by atoms with Crippen LogP contribution in [-0.4, -0.2) is 44.2 Å². The molecule has 2 fully saturated rings. The molecule has 3 rings (SSSR count). The highest BCUT2D eigenvalue weighted by Gasteiger charge is 2.28. The van der Waals surface area contributed by atoms with E-state index in [1.807, 2.05) is 11.0 Å². The molecule has 0 unspecified atom stereocenters. The first kappa shape index (κ1) is 18.2. The first-order valence-corrected chi connectivity index (χ1v) is 11.0. The first-order chi connectivity index (χ1) is 12.0. The predicted molar refractivity (Wildman–Crippen MR) is 98.2 cm³/mol. The van der Waals surface area contributed by atoms with Gasteiger partial charge in [0.25, 0.3) is 0 Å². The van der Waals surface area contributed by atoms with Gasteiger partial charge in [-0.2, -0.15) is 0 Å². The van der Waals surface area contributed by atoms with E-state index in [9.17, 15) is 13.2 Å². The Kier molecular flexibility index (Phi) is 5.99. The quantitative estimate of drug-likeness (QED) is 0.892. The summed E-state index contributed by atoms with van der Waals surface area (Å²) in [5, 5.41) is 3.15. The molecule has 1 aromatic rings. The fourth-order valence-electron chi connectivity index (χ4n) is 3.85. The number of nitrogens with one attached hydrogen (secondary N) is 1. The largest absolute Gasteiger partial charge is 0.335 e. The summed E-state index contributed by atoms with van der Waals surface area (Å²) in [6.07, 6.45) is 7.34. The van der Waals surface area contributed by atoms with E-state index in [-0.39, 0.29) is 17.7 Å². The van der Waals surface area contributed by atoms with E-state index in [0.29, 0.717) is 24.0 Å². The number of hydrogen-bond donors (Lipinski definition) is 1. The fourth-order valence-corrected chi connectivity index (χ4v) is 5.57. The summed E-state index contributed by atoms with van der Waals surface area (Å²) in [7, 11) is -3.24. The summed E-state index contributed by atoms with van der Waals surface area (Å²) in [6.45, 7) is 1.29. The molecular weight excluding hydrogens is 336 g/mol. The van der Waals surface area contributed by atoms with Gasteiger partial charge in [0.2, 0.25) is 0 Å². The van der Waals surface area contributed by atoms with Gasteiger partial charge in [-0.05, 0) is 43.7 Å². The molecule has 1 aromatic carbocycles. The minimum absolute atomic E-state index is 0.0243. The highest BCUT2D eigenvalue weighted by molar-refractivity contribution is 7.91. The van der Waals surface area contributed by atoms with Gasteiger partial charge in [0, 0.05) is 19.1 Å². The molecule has 1 aliphatic heterocycles. The lowest BCUT2D eigenvalue weighted by atomic mass is 9.95. The average Bonchev–Trinajstić information content (AvgIpc) is 2.63. The summed E-state index contributed by atoms with van der Waals surface area (Å²) in [5.74, 6) is 0.304. The Balaban J connectivity index is 1.47. The van der Waals surface area contributed by atoms with Crippen LogP contribution < -0.4 is 5.32 Å². The van der Waals surface area contributed by atoms with Crippen LogP contribution in [0.5, 0.6) is 0 Å². The lowest BCUT2D eigenvalue weighted by Crippen LogP contribution is -2.48. The molecule has 138 valence electrons. The normalized spacial score (nSPS) is 20.4. The van der Waals surface area contributed by atoms with E-state index >= 15 is 0 Å². The second-order valence-corrected chi connectivity index (χ2v) is 9.34. The van der Waals surface area contributed by atoms with Crippen molar-refractivity contribution in [3.05, 3.63) is 30.3 Å². The lowest BCUT2D eigenvalue weighted by molar-refractivity contribution is 0.168. The van der Waals surface area contributed by atoms with Gasteiger partial charge in [-0.15, -0.1) is 0 Å². The van der Waals surface area contributed by atoms with Crippen molar-refractivity contribution in [3.63, 3.8) is 0 Å². The molecule has 0 bridgehead atoms. The molecule has 1 saturated carbocycles. The Morgan fingerprint density at radius 3 is 2.28 bits per heavy atom. The number of rotatable bonds is 4. The van der Waals surface area contributed by atoms with Crippen molar-refractivity contribution in [2.75, 3.05) is 18.8 Å². The predicted octanol–water partition coefficient (Wildman–Crippen LogP) is 3.21. The van der Waals surface area contributed by atoms with Gasteiger partial charge in [-0.1, -0.05) is 37.5 Å². The van der Waals surface area contributed by atoms with Crippen LogP contribution in [0.4, 0.5) is 4.79 Å². The number of piperidine rings is 1. The number of nitrogens with zero attached hydrogens (tertiary/aromatic N) is 1. The standard InChI is InChI=1S/C19H28N2O3S/c22-19(20-17-7-3-1-4-8-17)21-13-11-16(12-14-21)15-25(23,24)18-9-5-2-6-10-18/h2,5-6,9-10,16-17H,1,3-4,7-8,11-15H2,(H,20,22). The van der Waals surface area contributed by atoms with Gasteiger partial charge in [-0.25, -0.2) is 13.2 Å². The first-order valence-electron chi connectivity index (χ1n) is 9.38. The maximum Gasteiger partial charge on any atom is 0.317 e. The van der Waals surface area contributed by atoms with Crippen LogP contribution in [0.15, 0.2) is 35.2 Å². The number of sulfone groups is 1. The molecule has 5 nitrogen and oxygen atoms in total. The number of carbonyl (C=O) groups is 1. The van der Waals surface area contributed by atoms with Crippen molar-refractivity contribution in [1.29, 1.82) is 0 Å². The maximum absolute atomic E-state index is 12.5. The van der Waals surface area contributed by atoms with Crippen LogP contribution >= 0.6 is 0 Å². The van der Waals surface area contributed by atoms with E-state index in [0.717, 1.165) is 25.7 Å². The van der Waals surface area contributed by atoms with Crippen molar-refractivity contribution >= 4 is 15.9 Å². The molecule has 0 radical (unpaired) electrons. The molecule has 0 spiro atoms. The van der Waals surface area contributed by atoms with Gasteiger partial charge in [0.05, 0.1) is 10.6 Å². The molecule has 1 N–H and O–H groups in total. The van der Waals surface area contributed by atoms with Crippen LogP contribution in [-0.2, 0) is 9.84 Å². The Labute approximate surface area is 150 Å². The number of urea groups is 1. The number of likely N-dealkylation sites (tertiary alicyclic amines) is 1. The van der Waals surface area contributed by atoms with Crippen LogP contribution in [0.2, 0.25) is 0 Å². The lowest BCUT2D eigenvalue weighted by Gasteiger charge is -2.33. The van der Waals surface area contributed by atoms with Crippen LogP contribution in [0, 0.1) is 5.92 Å². The van der Waals surface area contributed by atoms with E-state index in [4.69, 9.17) is 0 Å². The van der Waals surface area contributed by atoms with Crippen molar-refractivity contribution in [2.45, 2.75) is 55.9 Å². The van der Waals surface area contributed by atoms with E-state index in [2.05, 4.69) is 5.32 Å². The SMILES string of the molecule is O=C(NC1CCCCC1)N1CCC(CS(=O)(=O)c2ccccc2)CC1. The zero-order valence-electron chi connectivity index (χ0n) is 14.7. The van der Waals surface area contributed by atoms with Crippen LogP contribution in [0.1, 0.15) is 44.9 Å². The van der Waals surface area contributed by atoms with Crippen molar-refractivity contribution in [2.24, 2.45) is 5.92 Å². The van der Waals surface area contributed by atoms with Crippen molar-refractivity contribution in [3.8, 4) is 0 Å². The topological polar surface area (TPSA) is 66.5 Å². The van der Waals surface area contributed by atoms with Gasteiger partial charge in [-0.3, -0.25) is 0 Å². The Morgan fingerprint density at radius 1 is 1.00 bits per heavy atom. The molecule has 2 aliphatic rings. The third-order valence-electron chi connectivity index (χ3n) is 5.39. The molecule has 6 heteroatoms. The summed E-state index contributed by atoms with van der Waals surface area (Å²) < 4.78 is 25.0. The highest BCUT2D eigenvalue weighted by Crippen LogP contribution is 2.23. The zero-order valence-corrected chi connectivity index (χ0v) is 15.5. The number of amides is 2. The number of hydrogen-bond acceptors (Lipinski definition) is 3. The average molecular weight is 365 g/mol. The second kappa shape index (κ2) is 8.21. The zero-order chi connectivity index (χ0) is 17.7. The summed E-state index contributed by atoms with van der Waals surface area (Å²) >= 11 is 0. The van der Waals surface area contributed by atoms with Gasteiger partial charge < -0.3 is 10.2 Å². The third-order valence-corrected chi connectivity index (χ3v) is 7.29. The van der Waals surface area contributed by atoms with Crippen LogP contribution in [0.3, 0.4) is 0 Å². The summed E-state index contributed by atoms with van der Waals surface area (Å²) in [5.41, 5.74) is 0. The highest BCUT2D eigenvalue weighted by atomic mass is 32.2. The molecule has 0 aromatic heterocycles. The van der Waals surface area contributed by atoms with Crippen molar-refractivity contribution < 1.29 is 13.2 Å². The number of benzene rings is 1. The molecule has 1 heterocycles. The minimum atomic E-state index is -3.24. The smallest absolute Gasteiger partial charge is 0.317 e. The molecule has 1 saturated heterocycles. The van der Waals surface area contributed by atoms with Crippen molar-refractivity contribution in [1.82, 2.24) is 10.2 Å². The molecule has 0 atom stereocenters. The molecule has 1 aliphatic carbocycles. The van der Waals surface area contributed by atoms with Crippen LogP contribution in [0.25, 0.3) is 0 Å². The Bertz CT molecular complexity index is 661. The van der Waals surface area contributed by atoms with E-state index in [1.165, 1.54) is 19.3 Å². The summed E-state index contributed by atoms with van der Waals surface area (Å²) in [6, 6.07) is 8.98. The number of carbonyl (C=O) groups excluding carboxylic acids is 1. The van der Waals surface area contributed by atoms with Gasteiger partial charge in [0.15, 0.2) is 9.84 Å². The Morgan fingerprint density at radius 2 is 1.64 bits per heavy atom. The fraction of sp³-hybridized carbons (Fsp3) is 0.632. The van der Waals surface area contributed by atoms with Gasteiger partial charge in [0.1, 0.15) is 0 Å². The van der Waals surface area contributed by atoms with E-state index < -0.39 is 9.84 Å². The molecular formula is C19H28N2O3S. The molecule has 25 heavy (non-hydrogen) atoms. The minimum Gasteiger partial charge on any atom is -0.335 e. The summed E-state index contributed by atoms with van der Waals surface area (Å²) in [4.78, 5) is 14.6. The second-order valence-electron chi connectivity index (χ2n) is 7.31.